The lowest BCUT2D eigenvalue weighted by Gasteiger charge is -2.21. The van der Waals surface area contributed by atoms with Crippen LogP contribution in [0, 0.1) is 5.92 Å². The predicted octanol–water partition coefficient (Wildman–Crippen LogP) is 1.03. The van der Waals surface area contributed by atoms with E-state index in [0.29, 0.717) is 18.6 Å². The second kappa shape index (κ2) is 7.96. The van der Waals surface area contributed by atoms with E-state index in [0.717, 1.165) is 32.7 Å². The highest BCUT2D eigenvalue weighted by Gasteiger charge is 2.30. The Morgan fingerprint density at radius 1 is 1.40 bits per heavy atom. The lowest BCUT2D eigenvalue weighted by molar-refractivity contribution is -0.146. The van der Waals surface area contributed by atoms with E-state index in [1.54, 1.807) is 7.11 Å². The summed E-state index contributed by atoms with van der Waals surface area (Å²) in [4.78, 5) is 14.4. The van der Waals surface area contributed by atoms with Gasteiger partial charge in [-0.3, -0.25) is 4.79 Å². The van der Waals surface area contributed by atoms with Gasteiger partial charge in [0, 0.05) is 26.2 Å². The van der Waals surface area contributed by atoms with E-state index < -0.39 is 0 Å². The van der Waals surface area contributed by atoms with Gasteiger partial charge in [0.05, 0.1) is 13.2 Å². The predicted molar refractivity (Wildman–Crippen MR) is 77.6 cm³/mol. The number of nitrogens with one attached hydrogen (secondary N) is 1. The largest absolute Gasteiger partial charge is 0.465 e. The fourth-order valence-corrected chi connectivity index (χ4v) is 2.85. The molecule has 20 heavy (non-hydrogen) atoms. The molecule has 1 aliphatic carbocycles. The molecule has 1 heterocycles. The quantitative estimate of drug-likeness (QED) is 0.641. The topological polar surface area (TPSA) is 50.8 Å². The zero-order chi connectivity index (χ0) is 14.4. The number of methoxy groups -OCH3 is 1. The summed E-state index contributed by atoms with van der Waals surface area (Å²) in [7, 11) is 1.76. The first-order valence-corrected chi connectivity index (χ1v) is 7.87. The maximum Gasteiger partial charge on any atom is 0.323 e. The minimum absolute atomic E-state index is 0.0907. The molecule has 0 aromatic rings. The molecular weight excluding hydrogens is 256 g/mol. The van der Waals surface area contributed by atoms with Crippen LogP contribution in [0.25, 0.3) is 0 Å². The summed E-state index contributed by atoms with van der Waals surface area (Å²) in [5, 5.41) is 3.41. The molecule has 5 nitrogen and oxygen atoms in total. The lowest BCUT2D eigenvalue weighted by Crippen LogP contribution is -2.42. The Kier molecular flexibility index (Phi) is 6.26. The van der Waals surface area contributed by atoms with Gasteiger partial charge >= 0.3 is 5.97 Å². The minimum atomic E-state index is -0.135. The SMILES string of the molecule is CCOC(=O)C(CCN1CCC(COC)C1)NC1CC1. The van der Waals surface area contributed by atoms with Gasteiger partial charge in [-0.2, -0.15) is 0 Å². The number of carbonyl (C=O) groups is 1. The standard InChI is InChI=1S/C15H28N2O3/c1-3-20-15(18)14(16-13-4-5-13)7-9-17-8-6-12(10-17)11-19-2/h12-14,16H,3-11H2,1-2H3. The van der Waals surface area contributed by atoms with Crippen LogP contribution in [-0.4, -0.2) is 62.9 Å². The Bertz CT molecular complexity index is 307. The number of hydrogen-bond acceptors (Lipinski definition) is 5. The molecule has 0 bridgehead atoms. The Morgan fingerprint density at radius 2 is 2.20 bits per heavy atom. The summed E-state index contributed by atoms with van der Waals surface area (Å²) < 4.78 is 10.4. The van der Waals surface area contributed by atoms with Gasteiger partial charge in [0.1, 0.15) is 6.04 Å². The van der Waals surface area contributed by atoms with E-state index >= 15 is 0 Å². The van der Waals surface area contributed by atoms with Crippen LogP contribution in [0.1, 0.15) is 32.6 Å². The molecule has 0 radical (unpaired) electrons. The Balaban J connectivity index is 1.72. The second-order valence-corrected chi connectivity index (χ2v) is 5.94. The average molecular weight is 284 g/mol. The van der Waals surface area contributed by atoms with Crippen LogP contribution in [0.3, 0.4) is 0 Å². The van der Waals surface area contributed by atoms with E-state index in [2.05, 4.69) is 10.2 Å². The molecule has 5 heteroatoms. The summed E-state index contributed by atoms with van der Waals surface area (Å²) in [6, 6.07) is 0.396. The zero-order valence-corrected chi connectivity index (χ0v) is 12.8. The van der Waals surface area contributed by atoms with Gasteiger partial charge < -0.3 is 19.7 Å². The van der Waals surface area contributed by atoms with E-state index in [1.165, 1.54) is 19.3 Å². The maximum absolute atomic E-state index is 12.0. The molecule has 2 fully saturated rings. The number of nitrogens with zero attached hydrogens (tertiary/aromatic N) is 1. The van der Waals surface area contributed by atoms with Crippen molar-refractivity contribution >= 4 is 5.97 Å². The second-order valence-electron chi connectivity index (χ2n) is 5.94. The van der Waals surface area contributed by atoms with Crippen molar-refractivity contribution < 1.29 is 14.3 Å². The number of rotatable bonds is 9. The van der Waals surface area contributed by atoms with Crippen LogP contribution in [0.2, 0.25) is 0 Å². The third-order valence-electron chi connectivity index (χ3n) is 4.09. The van der Waals surface area contributed by atoms with Gasteiger partial charge in [-0.05, 0) is 45.1 Å². The minimum Gasteiger partial charge on any atom is -0.465 e. The van der Waals surface area contributed by atoms with Crippen molar-refractivity contribution in [1.82, 2.24) is 10.2 Å². The van der Waals surface area contributed by atoms with Gasteiger partial charge in [-0.1, -0.05) is 0 Å². The van der Waals surface area contributed by atoms with Gasteiger partial charge in [-0.25, -0.2) is 0 Å². The molecule has 1 aliphatic heterocycles. The molecule has 0 amide bonds. The highest BCUT2D eigenvalue weighted by molar-refractivity contribution is 5.75. The summed E-state index contributed by atoms with van der Waals surface area (Å²) in [5.74, 6) is 0.560. The van der Waals surface area contributed by atoms with Gasteiger partial charge in [0.25, 0.3) is 0 Å². The van der Waals surface area contributed by atoms with Crippen molar-refractivity contribution in [3.8, 4) is 0 Å². The highest BCUT2D eigenvalue weighted by atomic mass is 16.5. The Hall–Kier alpha value is -0.650. The summed E-state index contributed by atoms with van der Waals surface area (Å²) in [5.41, 5.74) is 0. The monoisotopic (exact) mass is 284 g/mol. The van der Waals surface area contributed by atoms with Gasteiger partial charge in [-0.15, -0.1) is 0 Å². The molecule has 1 N–H and O–H groups in total. The van der Waals surface area contributed by atoms with Crippen LogP contribution in [0.15, 0.2) is 0 Å². The first kappa shape index (κ1) is 15.7. The maximum atomic E-state index is 12.0. The van der Waals surface area contributed by atoms with E-state index in [4.69, 9.17) is 9.47 Å². The van der Waals surface area contributed by atoms with Crippen molar-refractivity contribution in [3.63, 3.8) is 0 Å². The fourth-order valence-electron chi connectivity index (χ4n) is 2.85. The average Bonchev–Trinajstić information content (AvgIpc) is 3.14. The van der Waals surface area contributed by atoms with E-state index in [9.17, 15) is 4.79 Å². The van der Waals surface area contributed by atoms with Crippen LogP contribution in [-0.2, 0) is 14.3 Å². The first-order chi connectivity index (χ1) is 9.72. The molecule has 2 aliphatic rings. The molecule has 2 unspecified atom stereocenters. The first-order valence-electron chi connectivity index (χ1n) is 7.87. The molecule has 0 spiro atoms. The number of ether oxygens (including phenoxy) is 2. The summed E-state index contributed by atoms with van der Waals surface area (Å²) in [6.45, 7) is 6.34. The molecule has 1 saturated carbocycles. The van der Waals surface area contributed by atoms with Gasteiger partial charge in [0.15, 0.2) is 0 Å². The third-order valence-corrected chi connectivity index (χ3v) is 4.09. The summed E-state index contributed by atoms with van der Waals surface area (Å²) >= 11 is 0. The van der Waals surface area contributed by atoms with Crippen LogP contribution in [0.4, 0.5) is 0 Å². The van der Waals surface area contributed by atoms with Crippen molar-refractivity contribution in [2.45, 2.75) is 44.7 Å². The van der Waals surface area contributed by atoms with Crippen molar-refractivity contribution in [2.24, 2.45) is 5.92 Å². The smallest absolute Gasteiger partial charge is 0.323 e. The van der Waals surface area contributed by atoms with E-state index in [1.807, 2.05) is 6.92 Å². The molecule has 0 aromatic carbocycles. The number of hydrogen-bond donors (Lipinski definition) is 1. The number of esters is 1. The van der Waals surface area contributed by atoms with Crippen molar-refractivity contribution in [2.75, 3.05) is 40.0 Å². The zero-order valence-electron chi connectivity index (χ0n) is 12.8. The lowest BCUT2D eigenvalue weighted by atomic mass is 10.1. The number of likely N-dealkylation sites (tertiary alicyclic amines) is 1. The Morgan fingerprint density at radius 3 is 2.85 bits per heavy atom. The van der Waals surface area contributed by atoms with Crippen molar-refractivity contribution in [1.29, 1.82) is 0 Å². The number of carbonyl (C=O) groups excluding carboxylic acids is 1. The molecule has 0 aromatic heterocycles. The van der Waals surface area contributed by atoms with Crippen LogP contribution < -0.4 is 5.32 Å². The highest BCUT2D eigenvalue weighted by Crippen LogP contribution is 2.21. The van der Waals surface area contributed by atoms with E-state index in [-0.39, 0.29) is 12.0 Å². The summed E-state index contributed by atoms with van der Waals surface area (Å²) in [6.07, 6.45) is 4.42. The van der Waals surface area contributed by atoms with Crippen LogP contribution in [0.5, 0.6) is 0 Å². The fraction of sp³-hybridized carbons (Fsp3) is 0.933. The van der Waals surface area contributed by atoms with Gasteiger partial charge in [0.2, 0.25) is 0 Å². The molecule has 1 saturated heterocycles. The Labute approximate surface area is 122 Å². The molecular formula is C15H28N2O3. The normalized spacial score (nSPS) is 24.8. The molecule has 116 valence electrons. The van der Waals surface area contributed by atoms with Crippen LogP contribution >= 0.6 is 0 Å². The molecule has 2 rings (SSSR count). The third kappa shape index (κ3) is 5.04. The molecule has 2 atom stereocenters. The van der Waals surface area contributed by atoms with Crippen molar-refractivity contribution in [3.05, 3.63) is 0 Å².